The number of benzene rings is 1. The summed E-state index contributed by atoms with van der Waals surface area (Å²) in [6.07, 6.45) is 0. The quantitative estimate of drug-likeness (QED) is 0.503. The zero-order chi connectivity index (χ0) is 10.7. The van der Waals surface area contributed by atoms with Crippen LogP contribution in [0.25, 0.3) is 0 Å². The summed E-state index contributed by atoms with van der Waals surface area (Å²) in [7, 11) is 1.72. The normalized spacial score (nSPS) is 10.0. The standard InChI is InChI=1S/C8H9BrIN2O2/c1-5-3-6(9)4-7(11-2)8(5)12(14)10-13/h3-4,11H,1-2H3/q-1. The second-order valence-corrected chi connectivity index (χ2v) is 4.87. The van der Waals surface area contributed by atoms with Crippen LogP contribution in [0.5, 0.6) is 0 Å². The van der Waals surface area contributed by atoms with Gasteiger partial charge in [-0.25, -0.2) is 3.07 Å². The third kappa shape index (κ3) is 2.43. The molecule has 1 aromatic carbocycles. The first kappa shape index (κ1) is 11.9. The van der Waals surface area contributed by atoms with Crippen LogP contribution in [0.4, 0.5) is 11.4 Å². The minimum Gasteiger partial charge on any atom is -0.747 e. The van der Waals surface area contributed by atoms with Gasteiger partial charge >= 0.3 is 0 Å². The van der Waals surface area contributed by atoms with Gasteiger partial charge in [-0.05, 0) is 24.6 Å². The highest BCUT2D eigenvalue weighted by molar-refractivity contribution is 14.1. The minimum atomic E-state index is -1.71. The molecular formula is C8H9BrIN2O2-. The van der Waals surface area contributed by atoms with Gasteiger partial charge in [0.2, 0.25) is 0 Å². The van der Waals surface area contributed by atoms with Gasteiger partial charge < -0.3 is 13.8 Å². The Kier molecular flexibility index (Phi) is 4.27. The molecule has 0 bridgehead atoms. The monoisotopic (exact) mass is 371 g/mol. The van der Waals surface area contributed by atoms with Crippen LogP contribution in [-0.4, -0.2) is 7.05 Å². The minimum absolute atomic E-state index is 0.457. The van der Waals surface area contributed by atoms with Crippen LogP contribution in [0.15, 0.2) is 16.6 Å². The SMILES string of the molecule is CNc1cc(Br)cc(C)c1N([O-])I=O. The molecule has 0 atom stereocenters. The molecule has 0 radical (unpaired) electrons. The molecular weight excluding hydrogens is 363 g/mol. The van der Waals surface area contributed by atoms with Crippen molar-refractivity contribution >= 4 is 48.8 Å². The van der Waals surface area contributed by atoms with Crippen LogP contribution >= 0.6 is 37.4 Å². The predicted molar refractivity (Wildman–Crippen MR) is 69.0 cm³/mol. The number of halogens is 2. The Morgan fingerprint density at radius 3 is 2.71 bits per heavy atom. The molecule has 0 saturated carbocycles. The third-order valence-corrected chi connectivity index (χ3v) is 3.07. The highest BCUT2D eigenvalue weighted by Gasteiger charge is 2.07. The van der Waals surface area contributed by atoms with E-state index in [2.05, 4.69) is 21.2 Å². The molecule has 0 aliphatic rings. The van der Waals surface area contributed by atoms with Crippen molar-refractivity contribution in [1.82, 2.24) is 0 Å². The summed E-state index contributed by atoms with van der Waals surface area (Å²) < 4.78 is 12.1. The second kappa shape index (κ2) is 5.04. The fourth-order valence-corrected chi connectivity index (χ4v) is 2.60. The van der Waals surface area contributed by atoms with E-state index in [1.54, 1.807) is 13.1 Å². The average molecular weight is 372 g/mol. The van der Waals surface area contributed by atoms with Crippen LogP contribution in [-0.2, 0) is 3.07 Å². The van der Waals surface area contributed by atoms with Gasteiger partial charge in [-0.3, -0.25) is 0 Å². The Hall–Kier alpha value is -0.210. The smallest absolute Gasteiger partial charge is 0.262 e. The molecule has 0 heterocycles. The summed E-state index contributed by atoms with van der Waals surface area (Å²) in [4.78, 5) is 0. The fourth-order valence-electron chi connectivity index (χ4n) is 1.19. The van der Waals surface area contributed by atoms with E-state index in [0.717, 1.165) is 10.0 Å². The maximum Gasteiger partial charge on any atom is 0.262 e. The first-order valence-corrected chi connectivity index (χ1v) is 6.46. The van der Waals surface area contributed by atoms with Crippen molar-refractivity contribution in [1.29, 1.82) is 0 Å². The molecule has 0 amide bonds. The predicted octanol–water partition coefficient (Wildman–Crippen LogP) is 3.33. The molecule has 1 rings (SSSR count). The van der Waals surface area contributed by atoms with Crippen LogP contribution in [0.2, 0.25) is 0 Å². The number of anilines is 2. The first-order chi connectivity index (χ1) is 6.60. The highest BCUT2D eigenvalue weighted by atomic mass is 127. The zero-order valence-corrected chi connectivity index (χ0v) is 11.4. The molecule has 0 spiro atoms. The molecule has 1 aromatic rings. The molecule has 4 nitrogen and oxygen atoms in total. The fraction of sp³-hybridized carbons (Fsp3) is 0.250. The van der Waals surface area contributed by atoms with E-state index >= 15 is 0 Å². The topological polar surface area (TPSA) is 55.4 Å². The van der Waals surface area contributed by atoms with Crippen molar-refractivity contribution < 1.29 is 3.07 Å². The summed E-state index contributed by atoms with van der Waals surface area (Å²) in [6.45, 7) is 1.81. The maximum atomic E-state index is 11.3. The highest BCUT2D eigenvalue weighted by Crippen LogP contribution is 2.35. The van der Waals surface area contributed by atoms with Gasteiger partial charge in [0.25, 0.3) is 21.5 Å². The van der Waals surface area contributed by atoms with E-state index in [9.17, 15) is 8.28 Å². The molecule has 6 heteroatoms. The van der Waals surface area contributed by atoms with Crippen molar-refractivity contribution in [2.24, 2.45) is 0 Å². The van der Waals surface area contributed by atoms with E-state index in [1.165, 1.54) is 0 Å². The lowest BCUT2D eigenvalue weighted by Crippen LogP contribution is -2.04. The summed E-state index contributed by atoms with van der Waals surface area (Å²) in [5.74, 6) is 0. The molecule has 0 saturated heterocycles. The molecule has 78 valence electrons. The molecule has 0 aliphatic carbocycles. The van der Waals surface area contributed by atoms with Crippen molar-refractivity contribution in [2.45, 2.75) is 6.92 Å². The van der Waals surface area contributed by atoms with Gasteiger partial charge in [0, 0.05) is 11.5 Å². The first-order valence-electron chi connectivity index (χ1n) is 3.82. The Balaban J connectivity index is 3.31. The number of nitrogens with zero attached hydrogens (tertiary/aromatic N) is 1. The van der Waals surface area contributed by atoms with Crippen LogP contribution in [0.1, 0.15) is 5.56 Å². The Morgan fingerprint density at radius 1 is 1.57 bits per heavy atom. The molecule has 0 aliphatic heterocycles. The van der Waals surface area contributed by atoms with Gasteiger partial charge in [0.1, 0.15) is 0 Å². The number of aryl methyl sites for hydroxylation is 1. The van der Waals surface area contributed by atoms with Gasteiger partial charge in [0.15, 0.2) is 0 Å². The molecule has 0 unspecified atom stereocenters. The number of hydrogen-bond donors (Lipinski definition) is 1. The van der Waals surface area contributed by atoms with Crippen molar-refractivity contribution in [2.75, 3.05) is 15.6 Å². The van der Waals surface area contributed by atoms with Crippen molar-refractivity contribution in [3.05, 3.63) is 27.4 Å². The Bertz CT molecular complexity index is 359. The largest absolute Gasteiger partial charge is 0.747 e. The van der Waals surface area contributed by atoms with E-state index in [4.69, 9.17) is 0 Å². The van der Waals surface area contributed by atoms with E-state index < -0.39 is 21.5 Å². The Labute approximate surface area is 101 Å². The van der Waals surface area contributed by atoms with E-state index in [0.29, 0.717) is 14.7 Å². The number of rotatable bonds is 3. The van der Waals surface area contributed by atoms with Crippen molar-refractivity contribution in [3.8, 4) is 0 Å². The van der Waals surface area contributed by atoms with Crippen LogP contribution < -0.4 is 8.59 Å². The van der Waals surface area contributed by atoms with Gasteiger partial charge in [0.05, 0.1) is 11.4 Å². The number of nitrogens with one attached hydrogen (secondary N) is 1. The number of hydrogen-bond acceptors (Lipinski definition) is 3. The zero-order valence-electron chi connectivity index (χ0n) is 7.67. The van der Waals surface area contributed by atoms with Gasteiger partial charge in [-0.2, -0.15) is 0 Å². The van der Waals surface area contributed by atoms with E-state index in [-0.39, 0.29) is 0 Å². The summed E-state index contributed by atoms with van der Waals surface area (Å²) in [5, 5.41) is 14.2. The molecule has 14 heavy (non-hydrogen) atoms. The van der Waals surface area contributed by atoms with Crippen LogP contribution in [0.3, 0.4) is 0 Å². The summed E-state index contributed by atoms with van der Waals surface area (Å²) in [6, 6.07) is 3.60. The lowest BCUT2D eigenvalue weighted by molar-refractivity contribution is 0.647. The Morgan fingerprint density at radius 2 is 2.21 bits per heavy atom. The van der Waals surface area contributed by atoms with E-state index in [1.807, 2.05) is 13.0 Å². The average Bonchev–Trinajstić information content (AvgIpc) is 2.15. The maximum absolute atomic E-state index is 11.3. The van der Waals surface area contributed by atoms with Crippen molar-refractivity contribution in [3.63, 3.8) is 0 Å². The summed E-state index contributed by atoms with van der Waals surface area (Å²) in [5.41, 5.74) is 1.94. The van der Waals surface area contributed by atoms with Crippen LogP contribution in [0, 0.1) is 12.1 Å². The lowest BCUT2D eigenvalue weighted by Gasteiger charge is -2.26. The molecule has 1 N–H and O–H groups in total. The molecule has 0 fully saturated rings. The molecule has 0 aromatic heterocycles. The third-order valence-electron chi connectivity index (χ3n) is 1.77. The lowest BCUT2D eigenvalue weighted by atomic mass is 10.2. The van der Waals surface area contributed by atoms with Gasteiger partial charge in [-0.1, -0.05) is 15.9 Å². The van der Waals surface area contributed by atoms with Gasteiger partial charge in [-0.15, -0.1) is 0 Å². The second-order valence-electron chi connectivity index (χ2n) is 2.68. The summed E-state index contributed by atoms with van der Waals surface area (Å²) >= 11 is 1.62.